The summed E-state index contributed by atoms with van der Waals surface area (Å²) in [5, 5.41) is 7.36. The smallest absolute Gasteiger partial charge is 0.0552 e. The average molecular weight is 563 g/mol. The van der Waals surface area contributed by atoms with Crippen molar-refractivity contribution in [1.29, 1.82) is 0 Å². The van der Waals surface area contributed by atoms with Crippen molar-refractivity contribution in [2.45, 2.75) is 0 Å². The third-order valence-corrected chi connectivity index (χ3v) is 8.38. The molecule has 0 saturated carbocycles. The quantitative estimate of drug-likeness (QED) is 0.186. The second-order valence-corrected chi connectivity index (χ2v) is 11.0. The molecule has 0 aromatic heterocycles. The molecule has 8 aromatic rings. The van der Waals surface area contributed by atoms with Gasteiger partial charge < -0.3 is 9.80 Å². The highest BCUT2D eigenvalue weighted by Crippen LogP contribution is 2.47. The third kappa shape index (κ3) is 4.45. The van der Waals surface area contributed by atoms with E-state index in [-0.39, 0.29) is 0 Å². The van der Waals surface area contributed by atoms with Crippen molar-refractivity contribution in [3.63, 3.8) is 0 Å². The van der Waals surface area contributed by atoms with Crippen LogP contribution in [0.4, 0.5) is 34.1 Å². The standard InChI is InChI=1S/C42H30N2/c1-5-17-32(18-6-1)43(33-19-7-2-8-20-33)40-27-15-26-38-37(40)28-29-39-36-25-14-13-16-31(36)30-41(42(38)39)44(34-21-9-3-10-22-34)35-23-11-4-12-24-35/h1-30H. The maximum atomic E-state index is 2.40. The summed E-state index contributed by atoms with van der Waals surface area (Å²) in [5.74, 6) is 0. The highest BCUT2D eigenvalue weighted by Gasteiger charge is 2.21. The zero-order chi connectivity index (χ0) is 29.3. The summed E-state index contributed by atoms with van der Waals surface area (Å²) in [6.45, 7) is 0. The summed E-state index contributed by atoms with van der Waals surface area (Å²) < 4.78 is 0. The van der Waals surface area contributed by atoms with E-state index < -0.39 is 0 Å². The molecule has 0 bridgehead atoms. The summed E-state index contributed by atoms with van der Waals surface area (Å²) in [5.41, 5.74) is 6.80. The van der Waals surface area contributed by atoms with Crippen LogP contribution in [0.25, 0.3) is 32.3 Å². The predicted octanol–water partition coefficient (Wildman–Crippen LogP) is 12.1. The fraction of sp³-hybridized carbons (Fsp3) is 0. The molecular formula is C42H30N2. The number of hydrogen-bond acceptors (Lipinski definition) is 2. The van der Waals surface area contributed by atoms with Crippen LogP contribution in [0.5, 0.6) is 0 Å². The topological polar surface area (TPSA) is 6.48 Å². The number of rotatable bonds is 6. The van der Waals surface area contributed by atoms with Gasteiger partial charge in [-0.25, -0.2) is 0 Å². The highest BCUT2D eigenvalue weighted by atomic mass is 15.1. The molecule has 8 aromatic carbocycles. The molecule has 44 heavy (non-hydrogen) atoms. The zero-order valence-electron chi connectivity index (χ0n) is 24.2. The molecular weight excluding hydrogens is 532 g/mol. The first-order valence-electron chi connectivity index (χ1n) is 15.0. The first kappa shape index (κ1) is 25.8. The second kappa shape index (κ2) is 11.1. The van der Waals surface area contributed by atoms with E-state index in [4.69, 9.17) is 0 Å². The molecule has 2 nitrogen and oxygen atoms in total. The van der Waals surface area contributed by atoms with Gasteiger partial charge in [-0.3, -0.25) is 0 Å². The molecule has 208 valence electrons. The zero-order valence-corrected chi connectivity index (χ0v) is 24.2. The fourth-order valence-corrected chi connectivity index (χ4v) is 6.46. The van der Waals surface area contributed by atoms with Gasteiger partial charge in [-0.15, -0.1) is 0 Å². The van der Waals surface area contributed by atoms with E-state index in [0.717, 1.165) is 34.1 Å². The Morgan fingerprint density at radius 2 is 0.682 bits per heavy atom. The molecule has 8 rings (SSSR count). The molecule has 0 aliphatic rings. The average Bonchev–Trinajstić information content (AvgIpc) is 3.10. The number of para-hydroxylation sites is 4. The van der Waals surface area contributed by atoms with Crippen LogP contribution < -0.4 is 9.80 Å². The van der Waals surface area contributed by atoms with Gasteiger partial charge in [0, 0.05) is 33.5 Å². The van der Waals surface area contributed by atoms with Crippen LogP contribution in [0.15, 0.2) is 182 Å². The van der Waals surface area contributed by atoms with Gasteiger partial charge in [0.05, 0.1) is 11.4 Å². The van der Waals surface area contributed by atoms with Crippen molar-refractivity contribution < 1.29 is 0 Å². The molecule has 0 aliphatic heterocycles. The molecule has 2 heteroatoms. The summed E-state index contributed by atoms with van der Waals surface area (Å²) in [6.07, 6.45) is 0. The SMILES string of the molecule is c1ccc(N(c2ccccc2)c2cccc3c2ccc2c4ccccc4cc(N(c4ccccc4)c4ccccc4)c32)cc1. The molecule has 0 heterocycles. The van der Waals surface area contributed by atoms with E-state index in [0.29, 0.717) is 0 Å². The van der Waals surface area contributed by atoms with E-state index in [2.05, 4.69) is 192 Å². The van der Waals surface area contributed by atoms with Gasteiger partial charge >= 0.3 is 0 Å². The van der Waals surface area contributed by atoms with Crippen LogP contribution in [0.1, 0.15) is 0 Å². The first-order valence-corrected chi connectivity index (χ1v) is 15.0. The van der Waals surface area contributed by atoms with Crippen molar-refractivity contribution in [3.05, 3.63) is 182 Å². The largest absolute Gasteiger partial charge is 0.310 e. The fourth-order valence-electron chi connectivity index (χ4n) is 6.46. The van der Waals surface area contributed by atoms with E-state index in [1.54, 1.807) is 0 Å². The summed E-state index contributed by atoms with van der Waals surface area (Å²) in [7, 11) is 0. The number of fused-ring (bicyclic) bond motifs is 5. The molecule has 0 N–H and O–H groups in total. The predicted molar refractivity (Wildman–Crippen MR) is 188 cm³/mol. The second-order valence-electron chi connectivity index (χ2n) is 11.0. The van der Waals surface area contributed by atoms with Gasteiger partial charge in [-0.2, -0.15) is 0 Å². The van der Waals surface area contributed by atoms with Gasteiger partial charge in [-0.05, 0) is 82.2 Å². The molecule has 0 aliphatic carbocycles. The van der Waals surface area contributed by atoms with E-state index >= 15 is 0 Å². The van der Waals surface area contributed by atoms with Crippen molar-refractivity contribution in [2.24, 2.45) is 0 Å². The van der Waals surface area contributed by atoms with Crippen molar-refractivity contribution in [1.82, 2.24) is 0 Å². The van der Waals surface area contributed by atoms with E-state index in [1.807, 2.05) is 0 Å². The Morgan fingerprint density at radius 1 is 0.273 bits per heavy atom. The molecule has 0 radical (unpaired) electrons. The van der Waals surface area contributed by atoms with Crippen LogP contribution >= 0.6 is 0 Å². The number of hydrogen-bond donors (Lipinski definition) is 0. The van der Waals surface area contributed by atoms with Gasteiger partial charge in [0.25, 0.3) is 0 Å². The summed E-state index contributed by atoms with van der Waals surface area (Å²) >= 11 is 0. The van der Waals surface area contributed by atoms with Crippen LogP contribution in [0.3, 0.4) is 0 Å². The number of nitrogens with zero attached hydrogens (tertiary/aromatic N) is 2. The Morgan fingerprint density at radius 3 is 1.23 bits per heavy atom. The van der Waals surface area contributed by atoms with Crippen molar-refractivity contribution in [2.75, 3.05) is 9.80 Å². The Labute approximate surface area is 257 Å². The molecule has 0 amide bonds. The summed E-state index contributed by atoms with van der Waals surface area (Å²) in [4.78, 5) is 4.76. The maximum Gasteiger partial charge on any atom is 0.0552 e. The monoisotopic (exact) mass is 562 g/mol. The van der Waals surface area contributed by atoms with E-state index in [9.17, 15) is 0 Å². The number of anilines is 6. The molecule has 0 atom stereocenters. The number of benzene rings is 8. The Bertz CT molecular complexity index is 2130. The highest BCUT2D eigenvalue weighted by molar-refractivity contribution is 6.25. The van der Waals surface area contributed by atoms with Crippen LogP contribution in [0.2, 0.25) is 0 Å². The lowest BCUT2D eigenvalue weighted by molar-refractivity contribution is 1.30. The minimum Gasteiger partial charge on any atom is -0.310 e. The van der Waals surface area contributed by atoms with Gasteiger partial charge in [0.1, 0.15) is 0 Å². The minimum absolute atomic E-state index is 1.12. The lowest BCUT2D eigenvalue weighted by Gasteiger charge is -2.29. The Kier molecular flexibility index (Phi) is 6.51. The Balaban J connectivity index is 1.49. The van der Waals surface area contributed by atoms with Crippen LogP contribution in [-0.4, -0.2) is 0 Å². The van der Waals surface area contributed by atoms with Crippen molar-refractivity contribution >= 4 is 66.4 Å². The van der Waals surface area contributed by atoms with Crippen LogP contribution in [0, 0.1) is 0 Å². The van der Waals surface area contributed by atoms with Crippen molar-refractivity contribution in [3.8, 4) is 0 Å². The summed E-state index contributed by atoms with van der Waals surface area (Å²) in [6, 6.07) is 65.1. The van der Waals surface area contributed by atoms with Crippen LogP contribution in [-0.2, 0) is 0 Å². The van der Waals surface area contributed by atoms with Gasteiger partial charge in [-0.1, -0.05) is 121 Å². The normalized spacial score (nSPS) is 11.2. The minimum atomic E-state index is 1.12. The third-order valence-electron chi connectivity index (χ3n) is 8.38. The Hall–Kier alpha value is -5.86. The lowest BCUT2D eigenvalue weighted by Crippen LogP contribution is -2.11. The molecule has 0 spiro atoms. The molecule has 0 fully saturated rings. The molecule has 0 saturated heterocycles. The molecule has 0 unspecified atom stereocenters. The lowest BCUT2D eigenvalue weighted by atomic mass is 9.93. The van der Waals surface area contributed by atoms with Gasteiger partial charge in [0.2, 0.25) is 0 Å². The maximum absolute atomic E-state index is 2.40. The first-order chi connectivity index (χ1) is 21.9. The van der Waals surface area contributed by atoms with Gasteiger partial charge in [0.15, 0.2) is 0 Å². The van der Waals surface area contributed by atoms with E-state index in [1.165, 1.54) is 32.3 Å².